The van der Waals surface area contributed by atoms with Crippen LogP contribution >= 0.6 is 0 Å². The minimum atomic E-state index is 0.120. The standard InChI is InChI=1S/C17H30N2O/c1-12-8-13(2)19(15(12)20)11-14-9-16(3,4)18(7)17(5,6)10-14/h12,14H,2,8-11H2,1,3-7H3. The van der Waals surface area contributed by atoms with E-state index in [0.29, 0.717) is 5.92 Å². The normalized spacial score (nSPS) is 31.1. The van der Waals surface area contributed by atoms with E-state index in [0.717, 1.165) is 31.5 Å². The molecule has 0 radical (unpaired) electrons. The van der Waals surface area contributed by atoms with Crippen molar-refractivity contribution in [2.24, 2.45) is 11.8 Å². The summed E-state index contributed by atoms with van der Waals surface area (Å²) in [5, 5.41) is 0. The number of likely N-dealkylation sites (tertiary alicyclic amines) is 2. The quantitative estimate of drug-likeness (QED) is 0.774. The number of carbonyl (C=O) groups is 1. The number of rotatable bonds is 2. The van der Waals surface area contributed by atoms with Gasteiger partial charge in [-0.15, -0.1) is 0 Å². The summed E-state index contributed by atoms with van der Waals surface area (Å²) < 4.78 is 0. The number of allylic oxidation sites excluding steroid dienone is 1. The van der Waals surface area contributed by atoms with Gasteiger partial charge >= 0.3 is 0 Å². The van der Waals surface area contributed by atoms with Crippen molar-refractivity contribution in [1.82, 2.24) is 9.80 Å². The zero-order chi connectivity index (χ0) is 15.3. The van der Waals surface area contributed by atoms with Crippen LogP contribution in [-0.4, -0.2) is 40.4 Å². The van der Waals surface area contributed by atoms with E-state index in [-0.39, 0.29) is 22.9 Å². The molecule has 0 aromatic heterocycles. The lowest BCUT2D eigenvalue weighted by Gasteiger charge is -2.54. The van der Waals surface area contributed by atoms with Gasteiger partial charge in [0.1, 0.15) is 0 Å². The zero-order valence-electron chi connectivity index (χ0n) is 14.0. The third-order valence-corrected chi connectivity index (χ3v) is 5.44. The second-order valence-corrected chi connectivity index (χ2v) is 8.08. The van der Waals surface area contributed by atoms with Gasteiger partial charge in [-0.2, -0.15) is 0 Å². The Balaban J connectivity index is 2.11. The molecule has 0 bridgehead atoms. The number of amides is 1. The Morgan fingerprint density at radius 1 is 1.20 bits per heavy atom. The Bertz CT molecular complexity index is 407. The van der Waals surface area contributed by atoms with Crippen LogP contribution in [0.1, 0.15) is 53.9 Å². The number of carbonyl (C=O) groups excluding carboxylic acids is 1. The summed E-state index contributed by atoms with van der Waals surface area (Å²) in [6.07, 6.45) is 3.11. The van der Waals surface area contributed by atoms with Gasteiger partial charge in [-0.3, -0.25) is 9.69 Å². The summed E-state index contributed by atoms with van der Waals surface area (Å²) in [7, 11) is 2.22. The van der Waals surface area contributed by atoms with Crippen LogP contribution in [0.2, 0.25) is 0 Å². The first kappa shape index (κ1) is 15.6. The third kappa shape index (κ3) is 2.65. The second kappa shape index (κ2) is 4.87. The topological polar surface area (TPSA) is 23.6 Å². The number of hydrogen-bond donors (Lipinski definition) is 0. The van der Waals surface area contributed by atoms with Crippen molar-refractivity contribution in [3.8, 4) is 0 Å². The molecule has 0 N–H and O–H groups in total. The highest BCUT2D eigenvalue weighted by atomic mass is 16.2. The summed E-state index contributed by atoms with van der Waals surface area (Å²) in [4.78, 5) is 16.7. The van der Waals surface area contributed by atoms with Crippen LogP contribution in [0.4, 0.5) is 0 Å². The van der Waals surface area contributed by atoms with Crippen LogP contribution in [0.3, 0.4) is 0 Å². The van der Waals surface area contributed by atoms with Crippen LogP contribution in [0.25, 0.3) is 0 Å². The van der Waals surface area contributed by atoms with Crippen LogP contribution in [0.15, 0.2) is 12.3 Å². The molecule has 1 atom stereocenters. The molecule has 0 saturated carbocycles. The van der Waals surface area contributed by atoms with Gasteiger partial charge in [-0.1, -0.05) is 13.5 Å². The largest absolute Gasteiger partial charge is 0.316 e. The highest BCUT2D eigenvalue weighted by Crippen LogP contribution is 2.41. The first-order valence-corrected chi connectivity index (χ1v) is 7.78. The molecule has 2 aliphatic heterocycles. The molecule has 3 nitrogen and oxygen atoms in total. The molecular weight excluding hydrogens is 248 g/mol. The first-order chi connectivity index (χ1) is 9.04. The molecule has 1 unspecified atom stereocenters. The summed E-state index contributed by atoms with van der Waals surface area (Å²) >= 11 is 0. The second-order valence-electron chi connectivity index (χ2n) is 8.08. The fourth-order valence-electron chi connectivity index (χ4n) is 4.16. The molecule has 3 heteroatoms. The highest BCUT2D eigenvalue weighted by molar-refractivity contribution is 5.83. The molecule has 0 aliphatic carbocycles. The molecule has 2 fully saturated rings. The predicted molar refractivity (Wildman–Crippen MR) is 83.3 cm³/mol. The molecule has 0 aromatic rings. The van der Waals surface area contributed by atoms with Crippen LogP contribution in [0, 0.1) is 11.8 Å². The Kier molecular flexibility index (Phi) is 3.79. The van der Waals surface area contributed by atoms with Crippen molar-refractivity contribution in [3.05, 3.63) is 12.3 Å². The Morgan fingerprint density at radius 3 is 2.10 bits per heavy atom. The molecule has 2 rings (SSSR count). The molecule has 2 saturated heterocycles. The van der Waals surface area contributed by atoms with Gasteiger partial charge in [0.15, 0.2) is 0 Å². The summed E-state index contributed by atoms with van der Waals surface area (Å²) in [6.45, 7) is 16.2. The summed E-state index contributed by atoms with van der Waals surface area (Å²) in [6, 6.07) is 0. The van der Waals surface area contributed by atoms with Crippen molar-refractivity contribution >= 4 is 5.91 Å². The maximum atomic E-state index is 12.2. The monoisotopic (exact) mass is 278 g/mol. The van der Waals surface area contributed by atoms with Gasteiger partial charge in [0.05, 0.1) is 0 Å². The zero-order valence-corrected chi connectivity index (χ0v) is 14.0. The lowest BCUT2D eigenvalue weighted by Crippen LogP contribution is -2.59. The van der Waals surface area contributed by atoms with E-state index < -0.39 is 0 Å². The fourth-order valence-corrected chi connectivity index (χ4v) is 4.16. The molecule has 0 aromatic carbocycles. The van der Waals surface area contributed by atoms with Crippen molar-refractivity contribution in [2.75, 3.05) is 13.6 Å². The number of nitrogens with zero attached hydrogens (tertiary/aromatic N) is 2. The Labute approximate surface area is 124 Å². The Hall–Kier alpha value is -0.830. The third-order valence-electron chi connectivity index (χ3n) is 5.44. The van der Waals surface area contributed by atoms with E-state index in [9.17, 15) is 4.79 Å². The number of hydrogen-bond acceptors (Lipinski definition) is 2. The molecule has 1 amide bonds. The van der Waals surface area contributed by atoms with E-state index in [2.05, 4.69) is 46.2 Å². The van der Waals surface area contributed by atoms with Gasteiger partial charge in [-0.05, 0) is 59.9 Å². The van der Waals surface area contributed by atoms with Crippen LogP contribution in [0.5, 0.6) is 0 Å². The van der Waals surface area contributed by atoms with Gasteiger partial charge in [0.25, 0.3) is 0 Å². The van der Waals surface area contributed by atoms with E-state index in [1.54, 1.807) is 0 Å². The molecule has 2 aliphatic rings. The van der Waals surface area contributed by atoms with E-state index >= 15 is 0 Å². The van der Waals surface area contributed by atoms with Gasteiger partial charge in [0.2, 0.25) is 5.91 Å². The average molecular weight is 278 g/mol. The molecule has 114 valence electrons. The van der Waals surface area contributed by atoms with Crippen molar-refractivity contribution < 1.29 is 4.79 Å². The molecule has 0 spiro atoms. The Morgan fingerprint density at radius 2 is 1.70 bits per heavy atom. The minimum Gasteiger partial charge on any atom is -0.316 e. The average Bonchev–Trinajstić information content (AvgIpc) is 2.52. The predicted octanol–water partition coefficient (Wildman–Crippen LogP) is 3.27. The lowest BCUT2D eigenvalue weighted by atomic mass is 9.74. The highest BCUT2D eigenvalue weighted by Gasteiger charge is 2.44. The molecule has 20 heavy (non-hydrogen) atoms. The van der Waals surface area contributed by atoms with Crippen molar-refractivity contribution in [2.45, 2.75) is 65.0 Å². The van der Waals surface area contributed by atoms with E-state index in [4.69, 9.17) is 0 Å². The number of piperidine rings is 1. The summed E-state index contributed by atoms with van der Waals surface area (Å²) in [5.41, 5.74) is 1.38. The van der Waals surface area contributed by atoms with E-state index in [1.165, 1.54) is 0 Å². The van der Waals surface area contributed by atoms with Crippen molar-refractivity contribution in [1.29, 1.82) is 0 Å². The lowest BCUT2D eigenvalue weighted by molar-refractivity contribution is -0.131. The molecule has 2 heterocycles. The van der Waals surface area contributed by atoms with Crippen LogP contribution in [-0.2, 0) is 4.79 Å². The van der Waals surface area contributed by atoms with Crippen molar-refractivity contribution in [3.63, 3.8) is 0 Å². The minimum absolute atomic E-state index is 0.120. The maximum Gasteiger partial charge on any atom is 0.229 e. The summed E-state index contributed by atoms with van der Waals surface area (Å²) in [5.74, 6) is 0.946. The van der Waals surface area contributed by atoms with E-state index in [1.807, 2.05) is 11.8 Å². The van der Waals surface area contributed by atoms with Gasteiger partial charge < -0.3 is 4.90 Å². The fraction of sp³-hybridized carbons (Fsp3) is 0.824. The first-order valence-electron chi connectivity index (χ1n) is 7.78. The van der Waals surface area contributed by atoms with Gasteiger partial charge in [0, 0.05) is 29.2 Å². The maximum absolute atomic E-state index is 12.2. The molecular formula is C17H30N2O. The van der Waals surface area contributed by atoms with Gasteiger partial charge in [-0.25, -0.2) is 0 Å². The van der Waals surface area contributed by atoms with Crippen LogP contribution < -0.4 is 0 Å². The SMILES string of the molecule is C=C1CC(C)C(=O)N1CC1CC(C)(C)N(C)C(C)(C)C1. The smallest absolute Gasteiger partial charge is 0.229 e.